The molecule has 0 fully saturated rings. The maximum absolute atomic E-state index is 10.7. The standard InChI is InChI=1S/C12H18N2O4/c1-9(8-17-2)7-13-10-4-5-11(14(15)16)12(6-10)18-3/h4-6,9,13H,7-8H2,1-3H3. The Labute approximate surface area is 106 Å². The summed E-state index contributed by atoms with van der Waals surface area (Å²) in [5, 5.41) is 13.9. The summed E-state index contributed by atoms with van der Waals surface area (Å²) >= 11 is 0. The molecule has 6 heteroatoms. The van der Waals surface area contributed by atoms with Crippen LogP contribution in [0.1, 0.15) is 6.92 Å². The van der Waals surface area contributed by atoms with E-state index in [0.717, 1.165) is 12.2 Å². The number of nitrogens with one attached hydrogen (secondary N) is 1. The third kappa shape index (κ3) is 3.89. The van der Waals surface area contributed by atoms with Gasteiger partial charge in [-0.1, -0.05) is 6.92 Å². The lowest BCUT2D eigenvalue weighted by molar-refractivity contribution is -0.385. The van der Waals surface area contributed by atoms with E-state index in [9.17, 15) is 10.1 Å². The molecular formula is C12H18N2O4. The number of nitro groups is 1. The Hall–Kier alpha value is -1.82. The Morgan fingerprint density at radius 3 is 2.72 bits per heavy atom. The van der Waals surface area contributed by atoms with Crippen LogP contribution in [0.3, 0.4) is 0 Å². The first-order chi connectivity index (χ1) is 8.58. The second-order valence-corrected chi connectivity index (χ2v) is 4.09. The number of nitro benzene ring substituents is 1. The van der Waals surface area contributed by atoms with Crippen molar-refractivity contribution in [2.24, 2.45) is 5.92 Å². The highest BCUT2D eigenvalue weighted by atomic mass is 16.6. The van der Waals surface area contributed by atoms with E-state index < -0.39 is 4.92 Å². The number of ether oxygens (including phenoxy) is 2. The van der Waals surface area contributed by atoms with Crippen LogP contribution in [0.4, 0.5) is 11.4 Å². The summed E-state index contributed by atoms with van der Waals surface area (Å²) in [6.07, 6.45) is 0. The van der Waals surface area contributed by atoms with Crippen molar-refractivity contribution in [3.05, 3.63) is 28.3 Å². The van der Waals surface area contributed by atoms with Gasteiger partial charge in [0.05, 0.1) is 18.6 Å². The number of nitrogens with zero attached hydrogens (tertiary/aromatic N) is 1. The normalized spacial score (nSPS) is 11.9. The summed E-state index contributed by atoms with van der Waals surface area (Å²) in [5.74, 6) is 0.612. The molecule has 0 saturated carbocycles. The van der Waals surface area contributed by atoms with Crippen LogP contribution in [0.5, 0.6) is 5.75 Å². The van der Waals surface area contributed by atoms with Crippen molar-refractivity contribution in [2.75, 3.05) is 32.7 Å². The molecular weight excluding hydrogens is 236 g/mol. The van der Waals surface area contributed by atoms with Gasteiger partial charge in [0, 0.05) is 31.5 Å². The lowest BCUT2D eigenvalue weighted by Crippen LogP contribution is -2.15. The van der Waals surface area contributed by atoms with Crippen molar-refractivity contribution in [3.8, 4) is 5.75 Å². The van der Waals surface area contributed by atoms with Crippen molar-refractivity contribution in [3.63, 3.8) is 0 Å². The van der Waals surface area contributed by atoms with E-state index in [1.807, 2.05) is 0 Å². The van der Waals surface area contributed by atoms with E-state index in [4.69, 9.17) is 9.47 Å². The van der Waals surface area contributed by atoms with Gasteiger partial charge in [0.1, 0.15) is 0 Å². The Bertz CT molecular complexity index is 409. The average Bonchev–Trinajstić information content (AvgIpc) is 2.36. The van der Waals surface area contributed by atoms with Gasteiger partial charge in [-0.05, 0) is 12.0 Å². The first-order valence-electron chi connectivity index (χ1n) is 5.63. The second kappa shape index (κ2) is 6.80. The smallest absolute Gasteiger partial charge is 0.311 e. The van der Waals surface area contributed by atoms with Gasteiger partial charge in [-0.25, -0.2) is 0 Å². The van der Waals surface area contributed by atoms with Gasteiger partial charge in [-0.15, -0.1) is 0 Å². The van der Waals surface area contributed by atoms with E-state index in [0.29, 0.717) is 12.5 Å². The maximum atomic E-state index is 10.7. The van der Waals surface area contributed by atoms with Gasteiger partial charge in [-0.2, -0.15) is 0 Å². The zero-order valence-electron chi connectivity index (χ0n) is 10.8. The van der Waals surface area contributed by atoms with Crippen molar-refractivity contribution < 1.29 is 14.4 Å². The van der Waals surface area contributed by atoms with E-state index >= 15 is 0 Å². The van der Waals surface area contributed by atoms with Crippen molar-refractivity contribution in [1.82, 2.24) is 0 Å². The first kappa shape index (κ1) is 14.2. The Balaban J connectivity index is 2.71. The minimum Gasteiger partial charge on any atom is -0.490 e. The van der Waals surface area contributed by atoms with Gasteiger partial charge in [0.2, 0.25) is 0 Å². The highest BCUT2D eigenvalue weighted by Crippen LogP contribution is 2.29. The molecule has 0 aliphatic heterocycles. The van der Waals surface area contributed by atoms with Gasteiger partial charge < -0.3 is 14.8 Å². The zero-order valence-corrected chi connectivity index (χ0v) is 10.8. The molecule has 0 saturated heterocycles. The van der Waals surface area contributed by atoms with E-state index in [1.165, 1.54) is 13.2 Å². The highest BCUT2D eigenvalue weighted by molar-refractivity contribution is 5.57. The van der Waals surface area contributed by atoms with Crippen molar-refractivity contribution in [2.45, 2.75) is 6.92 Å². The number of rotatable bonds is 7. The average molecular weight is 254 g/mol. The molecule has 0 spiro atoms. The molecule has 1 rings (SSSR count). The molecule has 0 amide bonds. The summed E-state index contributed by atoms with van der Waals surface area (Å²) < 4.78 is 10.0. The predicted octanol–water partition coefficient (Wildman–Crippen LogP) is 2.30. The fraction of sp³-hybridized carbons (Fsp3) is 0.500. The highest BCUT2D eigenvalue weighted by Gasteiger charge is 2.14. The second-order valence-electron chi connectivity index (χ2n) is 4.09. The summed E-state index contributed by atoms with van der Waals surface area (Å²) in [6.45, 7) is 3.45. The Morgan fingerprint density at radius 1 is 1.44 bits per heavy atom. The molecule has 1 atom stereocenters. The largest absolute Gasteiger partial charge is 0.490 e. The SMILES string of the molecule is COCC(C)CNc1ccc([N+](=O)[O-])c(OC)c1. The van der Waals surface area contributed by atoms with E-state index in [2.05, 4.69) is 12.2 Å². The molecule has 0 heterocycles. The molecule has 18 heavy (non-hydrogen) atoms. The molecule has 1 aromatic rings. The molecule has 0 radical (unpaired) electrons. The lowest BCUT2D eigenvalue weighted by Gasteiger charge is -2.13. The van der Waals surface area contributed by atoms with Crippen LogP contribution in [-0.4, -0.2) is 32.3 Å². The molecule has 1 unspecified atom stereocenters. The molecule has 0 aliphatic rings. The van der Waals surface area contributed by atoms with Crippen LogP contribution in [0, 0.1) is 16.0 Å². The Kier molecular flexibility index (Phi) is 5.38. The van der Waals surface area contributed by atoms with Crippen LogP contribution >= 0.6 is 0 Å². The molecule has 0 bridgehead atoms. The third-order valence-electron chi connectivity index (χ3n) is 2.48. The number of anilines is 1. The van der Waals surface area contributed by atoms with Gasteiger partial charge >= 0.3 is 5.69 Å². The van der Waals surface area contributed by atoms with Crippen LogP contribution in [0.25, 0.3) is 0 Å². The van der Waals surface area contributed by atoms with E-state index in [1.54, 1.807) is 19.2 Å². The summed E-state index contributed by atoms with van der Waals surface area (Å²) in [5.41, 5.74) is 0.758. The molecule has 0 aromatic heterocycles. The number of methoxy groups -OCH3 is 2. The van der Waals surface area contributed by atoms with E-state index in [-0.39, 0.29) is 11.4 Å². The quantitative estimate of drug-likeness (QED) is 0.597. The minimum atomic E-state index is -0.462. The molecule has 100 valence electrons. The van der Waals surface area contributed by atoms with Gasteiger partial charge in [-0.3, -0.25) is 10.1 Å². The number of hydrogen-bond acceptors (Lipinski definition) is 5. The van der Waals surface area contributed by atoms with Gasteiger partial charge in [0.15, 0.2) is 5.75 Å². The molecule has 6 nitrogen and oxygen atoms in total. The number of hydrogen-bond donors (Lipinski definition) is 1. The predicted molar refractivity (Wildman–Crippen MR) is 69.2 cm³/mol. The molecule has 1 N–H and O–H groups in total. The third-order valence-corrected chi connectivity index (χ3v) is 2.48. The van der Waals surface area contributed by atoms with Crippen molar-refractivity contribution >= 4 is 11.4 Å². The summed E-state index contributed by atoms with van der Waals surface area (Å²) in [4.78, 5) is 10.3. The fourth-order valence-electron chi connectivity index (χ4n) is 1.57. The van der Waals surface area contributed by atoms with Crippen molar-refractivity contribution in [1.29, 1.82) is 0 Å². The van der Waals surface area contributed by atoms with Crippen LogP contribution in [0.15, 0.2) is 18.2 Å². The van der Waals surface area contributed by atoms with Crippen LogP contribution in [0.2, 0.25) is 0 Å². The monoisotopic (exact) mass is 254 g/mol. The summed E-state index contributed by atoms with van der Waals surface area (Å²) in [6, 6.07) is 4.72. The number of benzene rings is 1. The Morgan fingerprint density at radius 2 is 2.17 bits per heavy atom. The zero-order chi connectivity index (χ0) is 13.5. The maximum Gasteiger partial charge on any atom is 0.311 e. The molecule has 0 aliphatic carbocycles. The topological polar surface area (TPSA) is 73.6 Å². The first-order valence-corrected chi connectivity index (χ1v) is 5.63. The van der Waals surface area contributed by atoms with Crippen LogP contribution < -0.4 is 10.1 Å². The summed E-state index contributed by atoms with van der Waals surface area (Å²) in [7, 11) is 3.07. The molecule has 1 aromatic carbocycles. The lowest BCUT2D eigenvalue weighted by atomic mass is 10.2. The van der Waals surface area contributed by atoms with Crippen LogP contribution in [-0.2, 0) is 4.74 Å². The fourth-order valence-corrected chi connectivity index (χ4v) is 1.57. The van der Waals surface area contributed by atoms with Gasteiger partial charge in [0.25, 0.3) is 0 Å². The minimum absolute atomic E-state index is 0.0343.